The highest BCUT2D eigenvalue weighted by Crippen LogP contribution is 2.33. The van der Waals surface area contributed by atoms with Crippen molar-refractivity contribution < 1.29 is 28.3 Å². The lowest BCUT2D eigenvalue weighted by atomic mass is 9.82. The molecule has 0 atom stereocenters. The van der Waals surface area contributed by atoms with E-state index in [0.717, 1.165) is 0 Å². The predicted molar refractivity (Wildman–Crippen MR) is 75.6 cm³/mol. The summed E-state index contributed by atoms with van der Waals surface area (Å²) in [7, 11) is -1.44. The van der Waals surface area contributed by atoms with Crippen LogP contribution in [0.4, 0.5) is 0 Å². The van der Waals surface area contributed by atoms with Gasteiger partial charge in [-0.3, -0.25) is 4.79 Å². The molecule has 1 fully saturated rings. The number of carbonyl (C=O) groups is 3. The van der Waals surface area contributed by atoms with Crippen LogP contribution in [-0.2, 0) is 28.3 Å². The van der Waals surface area contributed by atoms with Gasteiger partial charge in [0.1, 0.15) is 0 Å². The zero-order valence-electron chi connectivity index (χ0n) is 13.5. The van der Waals surface area contributed by atoms with Crippen LogP contribution in [0.25, 0.3) is 0 Å². The maximum absolute atomic E-state index is 12.4. The summed E-state index contributed by atoms with van der Waals surface area (Å²) in [5.74, 6) is -1.97. The second kappa shape index (κ2) is 5.54. The number of Topliss-reactive ketones (excluding diaryl/α,β-unsaturated/α-hetero) is 1. The molecule has 0 N–H and O–H groups in total. The molecular formula is C14H21BO6. The molecule has 0 radical (unpaired) electrons. The summed E-state index contributed by atoms with van der Waals surface area (Å²) >= 11 is 0. The van der Waals surface area contributed by atoms with Crippen molar-refractivity contribution >= 4 is 25.0 Å². The molecule has 0 aliphatic carbocycles. The van der Waals surface area contributed by atoms with Crippen molar-refractivity contribution in [1.29, 1.82) is 0 Å². The van der Waals surface area contributed by atoms with E-state index >= 15 is 0 Å². The Balaban J connectivity index is 3.11. The first-order valence-electron chi connectivity index (χ1n) is 6.68. The van der Waals surface area contributed by atoms with Crippen LogP contribution in [0.15, 0.2) is 11.3 Å². The molecular weight excluding hydrogens is 275 g/mol. The molecule has 1 heterocycles. The second-order valence-electron chi connectivity index (χ2n) is 7.00. The Hall–Kier alpha value is -1.79. The van der Waals surface area contributed by atoms with Crippen molar-refractivity contribution in [2.24, 2.45) is 10.8 Å². The van der Waals surface area contributed by atoms with Crippen LogP contribution in [0.5, 0.6) is 0 Å². The Kier molecular flexibility index (Phi) is 4.56. The van der Waals surface area contributed by atoms with Gasteiger partial charge in [0.05, 0.1) is 5.76 Å². The molecule has 0 bridgehead atoms. The fourth-order valence-corrected chi connectivity index (χ4v) is 1.93. The molecule has 0 spiro atoms. The van der Waals surface area contributed by atoms with E-state index in [0.29, 0.717) is 11.3 Å². The summed E-state index contributed by atoms with van der Waals surface area (Å²) in [4.78, 5) is 34.4. The molecule has 1 aliphatic rings. The van der Waals surface area contributed by atoms with E-state index < -0.39 is 30.1 Å². The number of hydrogen-bond donors (Lipinski definition) is 0. The van der Waals surface area contributed by atoms with Crippen LogP contribution in [0.3, 0.4) is 0 Å². The summed E-state index contributed by atoms with van der Waals surface area (Å²) in [5.41, 5.74) is -0.687. The van der Waals surface area contributed by atoms with E-state index in [-0.39, 0.29) is 5.78 Å². The minimum Gasteiger partial charge on any atom is -0.492 e. The van der Waals surface area contributed by atoms with Crippen molar-refractivity contribution in [2.45, 2.75) is 48.5 Å². The molecule has 0 aromatic heterocycles. The number of allylic oxidation sites excluding steroid dienone is 2. The lowest BCUT2D eigenvalue weighted by Gasteiger charge is -2.28. The van der Waals surface area contributed by atoms with Crippen molar-refractivity contribution in [3.8, 4) is 0 Å². The maximum atomic E-state index is 12.4. The zero-order valence-corrected chi connectivity index (χ0v) is 13.5. The molecule has 1 rings (SSSR count). The van der Waals surface area contributed by atoms with Gasteiger partial charge in [0.25, 0.3) is 0 Å². The van der Waals surface area contributed by atoms with Crippen LogP contribution < -0.4 is 0 Å². The number of ketones is 1. The van der Waals surface area contributed by atoms with Gasteiger partial charge in [-0.1, -0.05) is 41.5 Å². The molecule has 0 aromatic carbocycles. The molecule has 6 nitrogen and oxygen atoms in total. The zero-order chi connectivity index (χ0) is 16.6. The molecule has 1 saturated heterocycles. The van der Waals surface area contributed by atoms with E-state index in [2.05, 4.69) is 9.31 Å². The first-order chi connectivity index (χ1) is 9.34. The first kappa shape index (κ1) is 17.3. The topological polar surface area (TPSA) is 78.9 Å². The summed E-state index contributed by atoms with van der Waals surface area (Å²) < 4.78 is 14.7. The summed E-state index contributed by atoms with van der Waals surface area (Å²) in [6, 6.07) is 0. The molecule has 0 saturated carbocycles. The first-order valence-corrected chi connectivity index (χ1v) is 6.68. The number of rotatable bonds is 3. The van der Waals surface area contributed by atoms with Gasteiger partial charge >= 0.3 is 19.3 Å². The molecule has 7 heteroatoms. The molecule has 21 heavy (non-hydrogen) atoms. The maximum Gasteiger partial charge on any atom is 0.868 e. The molecule has 0 amide bonds. The summed E-state index contributed by atoms with van der Waals surface area (Å²) in [5, 5.41) is 0. The number of hydrogen-bond acceptors (Lipinski definition) is 6. The molecule has 0 unspecified atom stereocenters. The summed E-state index contributed by atoms with van der Waals surface area (Å²) in [6.07, 6.45) is 0. The van der Waals surface area contributed by atoms with Gasteiger partial charge in [-0.2, -0.15) is 0 Å². The van der Waals surface area contributed by atoms with E-state index in [1.807, 2.05) is 20.8 Å². The Morgan fingerprint density at radius 1 is 0.952 bits per heavy atom. The Morgan fingerprint density at radius 2 is 1.38 bits per heavy atom. The third kappa shape index (κ3) is 4.09. The normalized spacial score (nSPS) is 17.2. The van der Waals surface area contributed by atoms with Gasteiger partial charge in [0.15, 0.2) is 5.78 Å². The highest BCUT2D eigenvalue weighted by Gasteiger charge is 2.47. The van der Waals surface area contributed by atoms with Crippen LogP contribution in [-0.4, -0.2) is 25.0 Å². The average molecular weight is 296 g/mol. The van der Waals surface area contributed by atoms with Gasteiger partial charge in [-0.25, -0.2) is 9.59 Å². The fourth-order valence-electron chi connectivity index (χ4n) is 1.93. The van der Waals surface area contributed by atoms with E-state index in [4.69, 9.17) is 4.65 Å². The average Bonchev–Trinajstić information content (AvgIpc) is 2.61. The second-order valence-corrected chi connectivity index (χ2v) is 7.00. The predicted octanol–water partition coefficient (Wildman–Crippen LogP) is 2.02. The van der Waals surface area contributed by atoms with E-state index in [9.17, 15) is 14.4 Å². The van der Waals surface area contributed by atoms with E-state index in [1.165, 1.54) is 0 Å². The minimum absolute atomic E-state index is 0.0944. The minimum atomic E-state index is -1.44. The van der Waals surface area contributed by atoms with Crippen molar-refractivity contribution in [1.82, 2.24) is 0 Å². The highest BCUT2D eigenvalue weighted by atomic mass is 16.8. The van der Waals surface area contributed by atoms with Gasteiger partial charge in [-0.15, -0.1) is 0 Å². The number of carbonyl (C=O) groups excluding carboxylic acids is 3. The Labute approximate surface area is 125 Å². The third-order valence-corrected chi connectivity index (χ3v) is 2.83. The van der Waals surface area contributed by atoms with E-state index in [1.54, 1.807) is 27.7 Å². The van der Waals surface area contributed by atoms with Crippen LogP contribution in [0, 0.1) is 10.8 Å². The van der Waals surface area contributed by atoms with Crippen molar-refractivity contribution in [3.05, 3.63) is 11.3 Å². The molecule has 116 valence electrons. The SMILES string of the molecule is C/C(C(=O)C(C)(C)C)=C(/OB1OC(=O)C(=O)O1)C(C)(C)C. The van der Waals surface area contributed by atoms with Gasteiger partial charge in [0.2, 0.25) is 0 Å². The third-order valence-electron chi connectivity index (χ3n) is 2.83. The van der Waals surface area contributed by atoms with Crippen LogP contribution >= 0.6 is 0 Å². The van der Waals surface area contributed by atoms with Crippen molar-refractivity contribution in [2.75, 3.05) is 0 Å². The quantitative estimate of drug-likeness (QED) is 0.343. The standard InChI is InChI=1S/C14H21BO6/c1-8(9(16)13(2,3)4)10(14(5,6)7)19-15-20-11(17)12(18)21-15/h1-7H3/b10-8-. The van der Waals surface area contributed by atoms with Crippen LogP contribution in [0.2, 0.25) is 0 Å². The van der Waals surface area contributed by atoms with Gasteiger partial charge in [0, 0.05) is 16.4 Å². The highest BCUT2D eigenvalue weighted by molar-refractivity contribution is 6.55. The fraction of sp³-hybridized carbons (Fsp3) is 0.643. The monoisotopic (exact) mass is 296 g/mol. The lowest BCUT2D eigenvalue weighted by Crippen LogP contribution is -2.30. The van der Waals surface area contributed by atoms with Gasteiger partial charge in [-0.05, 0) is 6.92 Å². The summed E-state index contributed by atoms with van der Waals surface area (Å²) in [6.45, 7) is 12.6. The van der Waals surface area contributed by atoms with Crippen LogP contribution in [0.1, 0.15) is 48.5 Å². The Morgan fingerprint density at radius 3 is 1.71 bits per heavy atom. The smallest absolute Gasteiger partial charge is 0.492 e. The molecule has 0 aromatic rings. The lowest BCUT2D eigenvalue weighted by molar-refractivity contribution is -0.150. The van der Waals surface area contributed by atoms with Gasteiger partial charge < -0.3 is 14.0 Å². The Bertz CT molecular complexity index is 491. The van der Waals surface area contributed by atoms with Crippen molar-refractivity contribution in [3.63, 3.8) is 0 Å². The largest absolute Gasteiger partial charge is 0.868 e. The molecule has 1 aliphatic heterocycles.